The number of hydrogen-bond acceptors (Lipinski definition) is 2. The largest absolute Gasteiger partial charge is 0.493 e. The van der Waals surface area contributed by atoms with Crippen molar-refractivity contribution in [3.05, 3.63) is 56.5 Å². The molecular weight excluding hydrogens is 372 g/mol. The second kappa shape index (κ2) is 5.17. The summed E-state index contributed by atoms with van der Waals surface area (Å²) in [4.78, 5) is 0. The molecule has 0 N–H and O–H groups in total. The zero-order chi connectivity index (χ0) is 13.4. The Labute approximate surface area is 129 Å². The summed E-state index contributed by atoms with van der Waals surface area (Å²) in [6, 6.07) is 12.3. The van der Waals surface area contributed by atoms with Gasteiger partial charge in [0.25, 0.3) is 0 Å². The summed E-state index contributed by atoms with van der Waals surface area (Å²) >= 11 is 7.00. The lowest BCUT2D eigenvalue weighted by molar-refractivity contribution is 0.228. The van der Waals surface area contributed by atoms with Crippen molar-refractivity contribution in [1.82, 2.24) is 0 Å². The SMILES string of the molecule is COc1cc(Br)cc2c1OC(c1cccc(Br)c1)C2. The van der Waals surface area contributed by atoms with Gasteiger partial charge in [-0.3, -0.25) is 0 Å². The Kier molecular flexibility index (Phi) is 3.54. The quantitative estimate of drug-likeness (QED) is 0.734. The fourth-order valence-corrected chi connectivity index (χ4v) is 3.24. The van der Waals surface area contributed by atoms with Crippen LogP contribution in [0.4, 0.5) is 0 Å². The average molecular weight is 384 g/mol. The van der Waals surface area contributed by atoms with Gasteiger partial charge in [0.15, 0.2) is 11.5 Å². The van der Waals surface area contributed by atoms with E-state index in [0.29, 0.717) is 0 Å². The van der Waals surface area contributed by atoms with Crippen LogP contribution in [0.3, 0.4) is 0 Å². The predicted octanol–water partition coefficient (Wildman–Crippen LogP) is 4.90. The molecule has 0 spiro atoms. The lowest BCUT2D eigenvalue weighted by atomic mass is 10.0. The Morgan fingerprint density at radius 1 is 1.16 bits per heavy atom. The molecule has 0 radical (unpaired) electrons. The Morgan fingerprint density at radius 2 is 2.00 bits per heavy atom. The molecule has 1 aliphatic heterocycles. The summed E-state index contributed by atoms with van der Waals surface area (Å²) in [6.45, 7) is 0. The van der Waals surface area contributed by atoms with Gasteiger partial charge in [0.05, 0.1) is 7.11 Å². The highest BCUT2D eigenvalue weighted by Gasteiger charge is 2.27. The van der Waals surface area contributed by atoms with Gasteiger partial charge in [-0.2, -0.15) is 0 Å². The third-order valence-electron chi connectivity index (χ3n) is 3.20. The highest BCUT2D eigenvalue weighted by atomic mass is 79.9. The number of halogens is 2. The maximum absolute atomic E-state index is 6.06. The molecule has 0 amide bonds. The van der Waals surface area contributed by atoms with Gasteiger partial charge in [0.2, 0.25) is 0 Å². The van der Waals surface area contributed by atoms with Crippen molar-refractivity contribution < 1.29 is 9.47 Å². The van der Waals surface area contributed by atoms with Crippen LogP contribution >= 0.6 is 31.9 Å². The molecule has 1 heterocycles. The number of fused-ring (bicyclic) bond motifs is 1. The minimum absolute atomic E-state index is 0.0516. The van der Waals surface area contributed by atoms with Crippen LogP contribution in [0.1, 0.15) is 17.2 Å². The van der Waals surface area contributed by atoms with E-state index in [0.717, 1.165) is 26.9 Å². The van der Waals surface area contributed by atoms with Crippen molar-refractivity contribution >= 4 is 31.9 Å². The molecule has 1 atom stereocenters. The normalized spacial score (nSPS) is 16.9. The summed E-state index contributed by atoms with van der Waals surface area (Å²) in [5.74, 6) is 1.64. The summed E-state index contributed by atoms with van der Waals surface area (Å²) in [7, 11) is 1.66. The van der Waals surface area contributed by atoms with Crippen LogP contribution < -0.4 is 9.47 Å². The molecule has 98 valence electrons. The number of benzene rings is 2. The number of rotatable bonds is 2. The van der Waals surface area contributed by atoms with E-state index in [-0.39, 0.29) is 6.10 Å². The molecule has 1 aliphatic rings. The molecule has 1 unspecified atom stereocenters. The van der Waals surface area contributed by atoms with Crippen molar-refractivity contribution in [2.45, 2.75) is 12.5 Å². The number of ether oxygens (including phenoxy) is 2. The zero-order valence-corrected chi connectivity index (χ0v) is 13.5. The van der Waals surface area contributed by atoms with Gasteiger partial charge in [-0.1, -0.05) is 44.0 Å². The predicted molar refractivity (Wildman–Crippen MR) is 81.9 cm³/mol. The molecule has 2 aromatic carbocycles. The maximum Gasteiger partial charge on any atom is 0.165 e. The molecule has 2 aromatic rings. The van der Waals surface area contributed by atoms with Gasteiger partial charge in [-0.15, -0.1) is 0 Å². The third kappa shape index (κ3) is 2.51. The fraction of sp³-hybridized carbons (Fsp3) is 0.200. The Bertz CT molecular complexity index is 626. The van der Waals surface area contributed by atoms with Gasteiger partial charge in [0.1, 0.15) is 6.10 Å². The summed E-state index contributed by atoms with van der Waals surface area (Å²) in [6.07, 6.45) is 0.914. The van der Waals surface area contributed by atoms with Gasteiger partial charge in [-0.25, -0.2) is 0 Å². The van der Waals surface area contributed by atoms with E-state index >= 15 is 0 Å². The molecule has 0 aromatic heterocycles. The molecular formula is C15H12Br2O2. The van der Waals surface area contributed by atoms with Crippen LogP contribution in [0.25, 0.3) is 0 Å². The van der Waals surface area contributed by atoms with E-state index in [1.807, 2.05) is 18.2 Å². The van der Waals surface area contributed by atoms with Crippen molar-refractivity contribution in [3.8, 4) is 11.5 Å². The zero-order valence-electron chi connectivity index (χ0n) is 10.3. The van der Waals surface area contributed by atoms with Crippen LogP contribution in [0.5, 0.6) is 11.5 Å². The first-order valence-corrected chi connectivity index (χ1v) is 7.54. The summed E-state index contributed by atoms with van der Waals surface area (Å²) in [5, 5.41) is 0. The molecule has 4 heteroatoms. The lowest BCUT2D eigenvalue weighted by Crippen LogP contribution is -2.03. The minimum Gasteiger partial charge on any atom is -0.493 e. The minimum atomic E-state index is 0.0516. The first-order chi connectivity index (χ1) is 9.17. The molecule has 0 aliphatic carbocycles. The highest BCUT2D eigenvalue weighted by molar-refractivity contribution is 9.10. The van der Waals surface area contributed by atoms with Crippen LogP contribution in [-0.2, 0) is 6.42 Å². The summed E-state index contributed by atoms with van der Waals surface area (Å²) in [5.41, 5.74) is 2.35. The topological polar surface area (TPSA) is 18.5 Å². The number of hydrogen-bond donors (Lipinski definition) is 0. The van der Waals surface area contributed by atoms with Crippen LogP contribution in [0.15, 0.2) is 45.3 Å². The molecule has 0 fully saturated rings. The van der Waals surface area contributed by atoms with E-state index in [9.17, 15) is 0 Å². The smallest absolute Gasteiger partial charge is 0.165 e. The standard InChI is InChI=1S/C15H12Br2O2/c1-18-14-8-12(17)6-10-7-13(19-15(10)14)9-3-2-4-11(16)5-9/h2-6,8,13H,7H2,1H3. The Hall–Kier alpha value is -1.00. The van der Waals surface area contributed by atoms with Gasteiger partial charge in [0, 0.05) is 20.9 Å². The Morgan fingerprint density at radius 3 is 2.74 bits per heavy atom. The van der Waals surface area contributed by atoms with Crippen molar-refractivity contribution in [3.63, 3.8) is 0 Å². The van der Waals surface area contributed by atoms with E-state index < -0.39 is 0 Å². The maximum atomic E-state index is 6.06. The summed E-state index contributed by atoms with van der Waals surface area (Å²) < 4.78 is 13.5. The third-order valence-corrected chi connectivity index (χ3v) is 4.15. The monoisotopic (exact) mass is 382 g/mol. The first-order valence-electron chi connectivity index (χ1n) is 5.96. The molecule has 3 rings (SSSR count). The van der Waals surface area contributed by atoms with Gasteiger partial charge >= 0.3 is 0 Å². The van der Waals surface area contributed by atoms with Gasteiger partial charge in [-0.05, 0) is 29.8 Å². The molecule has 2 nitrogen and oxygen atoms in total. The first kappa shape index (κ1) is 13.0. The van der Waals surface area contributed by atoms with E-state index in [4.69, 9.17) is 9.47 Å². The van der Waals surface area contributed by atoms with E-state index in [1.165, 1.54) is 11.1 Å². The molecule has 0 saturated carbocycles. The fourth-order valence-electron chi connectivity index (χ4n) is 2.34. The average Bonchev–Trinajstić information content (AvgIpc) is 2.81. The van der Waals surface area contributed by atoms with Gasteiger partial charge < -0.3 is 9.47 Å². The second-order valence-electron chi connectivity index (χ2n) is 4.46. The second-order valence-corrected chi connectivity index (χ2v) is 6.29. The van der Waals surface area contributed by atoms with Crippen molar-refractivity contribution in [2.24, 2.45) is 0 Å². The van der Waals surface area contributed by atoms with Crippen LogP contribution in [0.2, 0.25) is 0 Å². The highest BCUT2D eigenvalue weighted by Crippen LogP contribution is 2.44. The Balaban J connectivity index is 1.96. The van der Waals surface area contributed by atoms with Crippen LogP contribution in [0, 0.1) is 0 Å². The van der Waals surface area contributed by atoms with Crippen LogP contribution in [-0.4, -0.2) is 7.11 Å². The van der Waals surface area contributed by atoms with E-state index in [2.05, 4.69) is 50.1 Å². The van der Waals surface area contributed by atoms with E-state index in [1.54, 1.807) is 7.11 Å². The molecule has 0 bridgehead atoms. The van der Waals surface area contributed by atoms with Crippen molar-refractivity contribution in [1.29, 1.82) is 0 Å². The van der Waals surface area contributed by atoms with Crippen molar-refractivity contribution in [2.75, 3.05) is 7.11 Å². The molecule has 19 heavy (non-hydrogen) atoms. The lowest BCUT2D eigenvalue weighted by Gasteiger charge is -2.12. The molecule has 0 saturated heterocycles. The number of methoxy groups -OCH3 is 1.